The molecule has 2 heteroatoms. The Kier molecular flexibility index (Phi) is 6.26. The summed E-state index contributed by atoms with van der Waals surface area (Å²) in [4.78, 5) is 0. The van der Waals surface area contributed by atoms with Crippen LogP contribution in [0.25, 0.3) is 0 Å². The van der Waals surface area contributed by atoms with Gasteiger partial charge in [0.05, 0.1) is 0 Å². The monoisotopic (exact) mass is 213 g/mol. The Morgan fingerprint density at radius 2 is 2.00 bits per heavy atom. The van der Waals surface area contributed by atoms with Crippen molar-refractivity contribution < 1.29 is 4.74 Å². The van der Waals surface area contributed by atoms with E-state index < -0.39 is 0 Å². The molecule has 0 aromatic carbocycles. The van der Waals surface area contributed by atoms with E-state index in [0.717, 1.165) is 25.0 Å². The molecule has 15 heavy (non-hydrogen) atoms. The average Bonchev–Trinajstić information content (AvgIpc) is 2.27. The Morgan fingerprint density at radius 1 is 1.33 bits per heavy atom. The highest BCUT2D eigenvalue weighted by atomic mass is 16.5. The summed E-state index contributed by atoms with van der Waals surface area (Å²) < 4.78 is 5.42. The van der Waals surface area contributed by atoms with Gasteiger partial charge in [-0.1, -0.05) is 26.7 Å². The van der Waals surface area contributed by atoms with Crippen molar-refractivity contribution in [1.29, 1.82) is 0 Å². The molecule has 0 aromatic heterocycles. The summed E-state index contributed by atoms with van der Waals surface area (Å²) in [5, 5.41) is 3.51. The van der Waals surface area contributed by atoms with Gasteiger partial charge in [-0.25, -0.2) is 0 Å². The molecule has 2 nitrogen and oxygen atoms in total. The van der Waals surface area contributed by atoms with Gasteiger partial charge >= 0.3 is 0 Å². The van der Waals surface area contributed by atoms with Crippen molar-refractivity contribution in [2.45, 2.75) is 52.0 Å². The third-order valence-corrected chi connectivity index (χ3v) is 3.64. The first-order chi connectivity index (χ1) is 7.27. The minimum atomic E-state index is 0.704. The molecular formula is C13H27NO. The first kappa shape index (κ1) is 13.0. The normalized spacial score (nSPS) is 22.6. The van der Waals surface area contributed by atoms with Gasteiger partial charge in [-0.2, -0.15) is 0 Å². The van der Waals surface area contributed by atoms with Crippen LogP contribution in [0.4, 0.5) is 0 Å². The lowest BCUT2D eigenvalue weighted by Crippen LogP contribution is -2.38. The molecule has 90 valence electrons. The highest BCUT2D eigenvalue weighted by molar-refractivity contribution is 4.79. The van der Waals surface area contributed by atoms with Crippen LogP contribution in [0.5, 0.6) is 0 Å². The zero-order valence-corrected chi connectivity index (χ0v) is 10.6. The van der Waals surface area contributed by atoms with E-state index in [9.17, 15) is 0 Å². The van der Waals surface area contributed by atoms with Crippen molar-refractivity contribution in [2.24, 2.45) is 11.8 Å². The van der Waals surface area contributed by atoms with Crippen LogP contribution in [0, 0.1) is 11.8 Å². The van der Waals surface area contributed by atoms with Crippen LogP contribution in [0.1, 0.15) is 46.0 Å². The van der Waals surface area contributed by atoms with E-state index in [2.05, 4.69) is 26.2 Å². The second-order valence-corrected chi connectivity index (χ2v) is 4.97. The molecule has 0 radical (unpaired) electrons. The minimum absolute atomic E-state index is 0.704. The highest BCUT2D eigenvalue weighted by Gasteiger charge is 2.23. The maximum Gasteiger partial charge on any atom is 0.0469 e. The Labute approximate surface area is 94.8 Å². The largest absolute Gasteiger partial charge is 0.381 e. The van der Waals surface area contributed by atoms with Crippen molar-refractivity contribution in [3.63, 3.8) is 0 Å². The molecule has 1 heterocycles. The number of hydrogen-bond acceptors (Lipinski definition) is 2. The van der Waals surface area contributed by atoms with Crippen molar-refractivity contribution in [1.82, 2.24) is 5.32 Å². The number of nitrogens with one attached hydrogen (secondary N) is 1. The fourth-order valence-electron chi connectivity index (χ4n) is 2.71. The topological polar surface area (TPSA) is 21.3 Å². The molecule has 0 amide bonds. The van der Waals surface area contributed by atoms with Gasteiger partial charge < -0.3 is 10.1 Å². The lowest BCUT2D eigenvalue weighted by molar-refractivity contribution is 0.0514. The third kappa shape index (κ3) is 4.52. The molecule has 1 aliphatic heterocycles. The van der Waals surface area contributed by atoms with E-state index >= 15 is 0 Å². The van der Waals surface area contributed by atoms with Crippen LogP contribution < -0.4 is 5.32 Å². The molecule has 0 spiro atoms. The van der Waals surface area contributed by atoms with Gasteiger partial charge in [-0.05, 0) is 38.1 Å². The average molecular weight is 213 g/mol. The highest BCUT2D eigenvalue weighted by Crippen LogP contribution is 2.24. The summed E-state index contributed by atoms with van der Waals surface area (Å²) in [7, 11) is 2.11. The van der Waals surface area contributed by atoms with Crippen molar-refractivity contribution in [3.8, 4) is 0 Å². The summed E-state index contributed by atoms with van der Waals surface area (Å²) in [6.07, 6.45) is 6.48. The fourth-order valence-corrected chi connectivity index (χ4v) is 2.71. The van der Waals surface area contributed by atoms with E-state index in [4.69, 9.17) is 4.74 Å². The van der Waals surface area contributed by atoms with Crippen molar-refractivity contribution in [2.75, 3.05) is 20.3 Å². The van der Waals surface area contributed by atoms with Gasteiger partial charge in [0, 0.05) is 19.3 Å². The smallest absolute Gasteiger partial charge is 0.0469 e. The number of ether oxygens (including phenoxy) is 1. The molecular weight excluding hydrogens is 186 g/mol. The van der Waals surface area contributed by atoms with Crippen LogP contribution in [0.2, 0.25) is 0 Å². The Balaban J connectivity index is 2.32. The minimum Gasteiger partial charge on any atom is -0.381 e. The second-order valence-electron chi connectivity index (χ2n) is 4.97. The summed E-state index contributed by atoms with van der Waals surface area (Å²) in [6.45, 7) is 6.59. The lowest BCUT2D eigenvalue weighted by atomic mass is 9.85. The predicted molar refractivity (Wildman–Crippen MR) is 65.1 cm³/mol. The second kappa shape index (κ2) is 7.24. The number of rotatable bonds is 6. The summed E-state index contributed by atoms with van der Waals surface area (Å²) >= 11 is 0. The van der Waals surface area contributed by atoms with Crippen LogP contribution >= 0.6 is 0 Å². The SMILES string of the molecule is CCCC(C)CC(NC)C1CCOCC1. The molecule has 1 saturated heterocycles. The molecule has 2 atom stereocenters. The zero-order chi connectivity index (χ0) is 11.1. The maximum atomic E-state index is 5.42. The van der Waals surface area contributed by atoms with Crippen molar-refractivity contribution in [3.05, 3.63) is 0 Å². The molecule has 1 aliphatic rings. The van der Waals surface area contributed by atoms with Crippen LogP contribution in [-0.2, 0) is 4.74 Å². The summed E-state index contributed by atoms with van der Waals surface area (Å²) in [6, 6.07) is 0.704. The zero-order valence-electron chi connectivity index (χ0n) is 10.6. The molecule has 0 aliphatic carbocycles. The molecule has 2 unspecified atom stereocenters. The number of hydrogen-bond donors (Lipinski definition) is 1. The van der Waals surface area contributed by atoms with Crippen molar-refractivity contribution >= 4 is 0 Å². The van der Waals surface area contributed by atoms with Gasteiger partial charge in [-0.3, -0.25) is 0 Å². The molecule has 0 bridgehead atoms. The molecule has 1 rings (SSSR count). The Morgan fingerprint density at radius 3 is 2.53 bits per heavy atom. The van der Waals surface area contributed by atoms with E-state index in [1.807, 2.05) is 0 Å². The fraction of sp³-hybridized carbons (Fsp3) is 1.00. The summed E-state index contributed by atoms with van der Waals surface area (Å²) in [5.74, 6) is 1.69. The quantitative estimate of drug-likeness (QED) is 0.732. The van der Waals surface area contributed by atoms with Crippen LogP contribution in [-0.4, -0.2) is 26.3 Å². The third-order valence-electron chi connectivity index (χ3n) is 3.64. The van der Waals surface area contributed by atoms with E-state index in [1.54, 1.807) is 0 Å². The van der Waals surface area contributed by atoms with Gasteiger partial charge in [0.15, 0.2) is 0 Å². The molecule has 1 fully saturated rings. The molecule has 0 aromatic rings. The lowest BCUT2D eigenvalue weighted by Gasteiger charge is -2.31. The van der Waals surface area contributed by atoms with Gasteiger partial charge in [0.1, 0.15) is 0 Å². The van der Waals surface area contributed by atoms with Crippen LogP contribution in [0.15, 0.2) is 0 Å². The Hall–Kier alpha value is -0.0800. The Bertz CT molecular complexity index is 155. The van der Waals surface area contributed by atoms with E-state index in [1.165, 1.54) is 32.1 Å². The predicted octanol–water partition coefficient (Wildman–Crippen LogP) is 2.83. The van der Waals surface area contributed by atoms with E-state index in [0.29, 0.717) is 6.04 Å². The van der Waals surface area contributed by atoms with E-state index in [-0.39, 0.29) is 0 Å². The van der Waals surface area contributed by atoms with Gasteiger partial charge in [-0.15, -0.1) is 0 Å². The molecule has 0 saturated carbocycles. The molecule has 1 N–H and O–H groups in total. The van der Waals surface area contributed by atoms with Crippen LogP contribution in [0.3, 0.4) is 0 Å². The summed E-state index contributed by atoms with van der Waals surface area (Å²) in [5.41, 5.74) is 0. The standard InChI is InChI=1S/C13H27NO/c1-4-5-11(2)10-13(14-3)12-6-8-15-9-7-12/h11-14H,4-10H2,1-3H3. The first-order valence-electron chi connectivity index (χ1n) is 6.53. The maximum absolute atomic E-state index is 5.42. The first-order valence-corrected chi connectivity index (χ1v) is 6.53. The van der Waals surface area contributed by atoms with Gasteiger partial charge in [0.25, 0.3) is 0 Å². The van der Waals surface area contributed by atoms with Gasteiger partial charge in [0.2, 0.25) is 0 Å².